The van der Waals surface area contributed by atoms with E-state index in [1.165, 1.54) is 4.57 Å². The molecule has 2 unspecified atom stereocenters. The minimum atomic E-state index is -0.378. The Kier molecular flexibility index (Phi) is 3.43. The molecule has 0 amide bonds. The standard InChI is InChI=1S/C12H17ClN2O2/c1-3-9-10(13)14-12(17)15(11(9)16)8-5-4-7(2)6-8/h7-8H,3-6H2,1-2H3,(H,14,17). The maximum absolute atomic E-state index is 12.2. The molecule has 1 aliphatic carbocycles. The van der Waals surface area contributed by atoms with Crippen LogP contribution in [0.15, 0.2) is 9.59 Å². The first-order valence-electron chi connectivity index (χ1n) is 6.07. The van der Waals surface area contributed by atoms with Crippen molar-refractivity contribution < 1.29 is 0 Å². The second-order valence-electron chi connectivity index (χ2n) is 4.82. The van der Waals surface area contributed by atoms with Gasteiger partial charge in [0.15, 0.2) is 0 Å². The van der Waals surface area contributed by atoms with Crippen LogP contribution in [0.1, 0.15) is 44.7 Å². The Labute approximate surface area is 105 Å². The lowest BCUT2D eigenvalue weighted by atomic mass is 10.1. The van der Waals surface area contributed by atoms with Crippen LogP contribution in [0.5, 0.6) is 0 Å². The van der Waals surface area contributed by atoms with Crippen LogP contribution in [0.3, 0.4) is 0 Å². The van der Waals surface area contributed by atoms with Crippen molar-refractivity contribution in [2.45, 2.75) is 45.6 Å². The molecule has 0 radical (unpaired) electrons. The van der Waals surface area contributed by atoms with Crippen LogP contribution in [-0.4, -0.2) is 9.55 Å². The highest BCUT2D eigenvalue weighted by atomic mass is 35.5. The van der Waals surface area contributed by atoms with E-state index in [9.17, 15) is 9.59 Å². The summed E-state index contributed by atoms with van der Waals surface area (Å²) in [6.07, 6.45) is 3.40. The highest BCUT2D eigenvalue weighted by Gasteiger charge is 2.26. The van der Waals surface area contributed by atoms with Gasteiger partial charge in [0.1, 0.15) is 5.15 Å². The van der Waals surface area contributed by atoms with Crippen molar-refractivity contribution in [3.05, 3.63) is 31.6 Å². The predicted octanol–water partition coefficient (Wildman–Crippen LogP) is 2.11. The molecule has 1 aromatic heterocycles. The molecular weight excluding hydrogens is 240 g/mol. The Balaban J connectivity index is 2.54. The van der Waals surface area contributed by atoms with E-state index >= 15 is 0 Å². The van der Waals surface area contributed by atoms with E-state index < -0.39 is 0 Å². The molecule has 1 fully saturated rings. The Morgan fingerprint density at radius 2 is 2.12 bits per heavy atom. The van der Waals surface area contributed by atoms with Crippen LogP contribution >= 0.6 is 11.6 Å². The predicted molar refractivity (Wildman–Crippen MR) is 67.8 cm³/mol. The van der Waals surface area contributed by atoms with E-state index in [4.69, 9.17) is 11.6 Å². The van der Waals surface area contributed by atoms with Gasteiger partial charge in [-0.3, -0.25) is 14.3 Å². The lowest BCUT2D eigenvalue weighted by Gasteiger charge is -2.14. The van der Waals surface area contributed by atoms with Gasteiger partial charge in [-0.25, -0.2) is 4.79 Å². The second kappa shape index (κ2) is 4.69. The summed E-state index contributed by atoms with van der Waals surface area (Å²) < 4.78 is 1.36. The summed E-state index contributed by atoms with van der Waals surface area (Å²) in [7, 11) is 0. The molecular formula is C12H17ClN2O2. The van der Waals surface area contributed by atoms with E-state index in [1.807, 2.05) is 6.92 Å². The molecule has 0 aromatic carbocycles. The van der Waals surface area contributed by atoms with Crippen molar-refractivity contribution in [1.29, 1.82) is 0 Å². The van der Waals surface area contributed by atoms with Gasteiger partial charge in [-0.15, -0.1) is 0 Å². The fraction of sp³-hybridized carbons (Fsp3) is 0.667. The quantitative estimate of drug-likeness (QED) is 0.824. The molecule has 94 valence electrons. The molecule has 0 saturated heterocycles. The maximum Gasteiger partial charge on any atom is 0.329 e. The second-order valence-corrected chi connectivity index (χ2v) is 5.20. The van der Waals surface area contributed by atoms with Crippen LogP contribution in [0.4, 0.5) is 0 Å². The molecule has 0 aliphatic heterocycles. The van der Waals surface area contributed by atoms with E-state index in [2.05, 4.69) is 11.9 Å². The average molecular weight is 257 g/mol. The Bertz CT molecular complexity index is 532. The SMILES string of the molecule is CCc1c(Cl)[nH]c(=O)n(C2CCC(C)C2)c1=O. The molecule has 1 N–H and O–H groups in total. The summed E-state index contributed by atoms with van der Waals surface area (Å²) in [4.78, 5) is 26.6. The first-order chi connectivity index (χ1) is 8.04. The first kappa shape index (κ1) is 12.4. The Morgan fingerprint density at radius 3 is 2.65 bits per heavy atom. The van der Waals surface area contributed by atoms with Gasteiger partial charge < -0.3 is 0 Å². The van der Waals surface area contributed by atoms with Crippen molar-refractivity contribution in [3.8, 4) is 0 Å². The molecule has 4 nitrogen and oxygen atoms in total. The molecule has 1 aliphatic rings. The van der Waals surface area contributed by atoms with Crippen molar-refractivity contribution in [2.24, 2.45) is 5.92 Å². The van der Waals surface area contributed by atoms with E-state index in [1.54, 1.807) is 0 Å². The van der Waals surface area contributed by atoms with Gasteiger partial charge in [0.25, 0.3) is 5.56 Å². The minimum Gasteiger partial charge on any atom is -0.297 e. The summed E-state index contributed by atoms with van der Waals surface area (Å²) in [6.45, 7) is 4.01. The summed E-state index contributed by atoms with van der Waals surface area (Å²) in [5.41, 5.74) is -0.0949. The van der Waals surface area contributed by atoms with Crippen LogP contribution in [-0.2, 0) is 6.42 Å². The third kappa shape index (κ3) is 2.18. The zero-order valence-corrected chi connectivity index (χ0v) is 10.9. The number of hydrogen-bond acceptors (Lipinski definition) is 2. The third-order valence-corrected chi connectivity index (χ3v) is 3.89. The average Bonchev–Trinajstić information content (AvgIpc) is 2.64. The normalized spacial score (nSPS) is 24.2. The topological polar surface area (TPSA) is 54.9 Å². The number of H-pyrrole nitrogens is 1. The van der Waals surface area contributed by atoms with Gasteiger partial charge in [0.05, 0.1) is 5.56 Å². The maximum atomic E-state index is 12.2. The summed E-state index contributed by atoms with van der Waals surface area (Å²) in [6, 6.07) is 0.0313. The molecule has 2 atom stereocenters. The Morgan fingerprint density at radius 1 is 1.41 bits per heavy atom. The molecule has 1 heterocycles. The molecule has 17 heavy (non-hydrogen) atoms. The zero-order valence-electron chi connectivity index (χ0n) is 10.1. The summed E-state index contributed by atoms with van der Waals surface area (Å²) in [5.74, 6) is 0.576. The molecule has 2 rings (SSSR count). The van der Waals surface area contributed by atoms with Gasteiger partial charge in [-0.1, -0.05) is 25.4 Å². The number of aromatic nitrogens is 2. The highest BCUT2D eigenvalue weighted by Crippen LogP contribution is 2.32. The largest absolute Gasteiger partial charge is 0.329 e. The number of hydrogen-bond donors (Lipinski definition) is 1. The highest BCUT2D eigenvalue weighted by molar-refractivity contribution is 6.30. The van der Waals surface area contributed by atoms with Gasteiger partial charge in [0.2, 0.25) is 0 Å². The van der Waals surface area contributed by atoms with Crippen LogP contribution in [0, 0.1) is 5.92 Å². The summed E-state index contributed by atoms with van der Waals surface area (Å²) in [5, 5.41) is 0.185. The molecule has 0 bridgehead atoms. The van der Waals surface area contributed by atoms with Crippen molar-refractivity contribution in [1.82, 2.24) is 9.55 Å². The fourth-order valence-corrected chi connectivity index (χ4v) is 2.91. The minimum absolute atomic E-state index is 0.0313. The van der Waals surface area contributed by atoms with Gasteiger partial charge >= 0.3 is 5.69 Å². The summed E-state index contributed by atoms with van der Waals surface area (Å²) >= 11 is 5.87. The first-order valence-corrected chi connectivity index (χ1v) is 6.45. The van der Waals surface area contributed by atoms with Crippen molar-refractivity contribution >= 4 is 11.6 Å². The monoisotopic (exact) mass is 256 g/mol. The van der Waals surface area contributed by atoms with Crippen LogP contribution in [0.25, 0.3) is 0 Å². The van der Waals surface area contributed by atoms with Gasteiger partial charge in [-0.05, 0) is 31.6 Å². The number of aromatic amines is 1. The lowest BCUT2D eigenvalue weighted by Crippen LogP contribution is -2.39. The van der Waals surface area contributed by atoms with Crippen LogP contribution < -0.4 is 11.2 Å². The number of nitrogens with zero attached hydrogens (tertiary/aromatic N) is 1. The van der Waals surface area contributed by atoms with Crippen LogP contribution in [0.2, 0.25) is 5.15 Å². The van der Waals surface area contributed by atoms with E-state index in [0.29, 0.717) is 17.9 Å². The van der Waals surface area contributed by atoms with Crippen molar-refractivity contribution in [3.63, 3.8) is 0 Å². The number of nitrogens with one attached hydrogen (secondary N) is 1. The molecule has 0 spiro atoms. The number of rotatable bonds is 2. The third-order valence-electron chi connectivity index (χ3n) is 3.56. The Hall–Kier alpha value is -1.03. The lowest BCUT2D eigenvalue weighted by molar-refractivity contribution is 0.458. The number of halogens is 1. The van der Waals surface area contributed by atoms with E-state index in [0.717, 1.165) is 19.3 Å². The van der Waals surface area contributed by atoms with Crippen molar-refractivity contribution in [2.75, 3.05) is 0 Å². The zero-order chi connectivity index (χ0) is 12.6. The smallest absolute Gasteiger partial charge is 0.297 e. The van der Waals surface area contributed by atoms with Gasteiger partial charge in [-0.2, -0.15) is 0 Å². The van der Waals surface area contributed by atoms with Gasteiger partial charge in [0, 0.05) is 6.04 Å². The van der Waals surface area contributed by atoms with E-state index in [-0.39, 0.29) is 22.4 Å². The molecule has 1 saturated carbocycles. The molecule has 1 aromatic rings. The molecule has 5 heteroatoms. The fourth-order valence-electron chi connectivity index (χ4n) is 2.61.